The summed E-state index contributed by atoms with van der Waals surface area (Å²) in [7, 11) is 5.60. The van der Waals surface area contributed by atoms with Gasteiger partial charge in [0.05, 0.1) is 19.9 Å². The van der Waals surface area contributed by atoms with Gasteiger partial charge in [0.2, 0.25) is 0 Å². The van der Waals surface area contributed by atoms with E-state index in [1.54, 1.807) is 14.2 Å². The quantitative estimate of drug-likeness (QED) is 0.643. The Morgan fingerprint density at radius 1 is 1.23 bits per heavy atom. The number of methoxy groups -OCH3 is 2. The van der Waals surface area contributed by atoms with Gasteiger partial charge in [-0.2, -0.15) is 0 Å². The molecule has 1 N–H and O–H groups in total. The van der Waals surface area contributed by atoms with Gasteiger partial charge in [-0.05, 0) is 45.4 Å². The van der Waals surface area contributed by atoms with Crippen LogP contribution in [0.5, 0.6) is 0 Å². The molecule has 0 radical (unpaired) electrons. The van der Waals surface area contributed by atoms with Crippen LogP contribution in [-0.4, -0.2) is 49.7 Å². The largest absolute Gasteiger partial charge is 0.497 e. The van der Waals surface area contributed by atoms with Gasteiger partial charge in [-0.15, -0.1) is 0 Å². The average molecular weight is 306 g/mol. The van der Waals surface area contributed by atoms with Gasteiger partial charge in [-0.1, -0.05) is 10.7 Å². The number of rotatable bonds is 3. The zero-order valence-corrected chi connectivity index (χ0v) is 13.8. The Labute approximate surface area is 132 Å². The molecule has 1 aliphatic heterocycles. The fourth-order valence-electron chi connectivity index (χ4n) is 4.53. The third-order valence-corrected chi connectivity index (χ3v) is 5.82. The molecule has 1 heterocycles. The highest BCUT2D eigenvalue weighted by Gasteiger charge is 2.51. The van der Waals surface area contributed by atoms with Crippen LogP contribution >= 0.6 is 0 Å². The lowest BCUT2D eigenvalue weighted by Crippen LogP contribution is -2.44. The van der Waals surface area contributed by atoms with E-state index in [9.17, 15) is 0 Å². The molecule has 0 amide bonds. The van der Waals surface area contributed by atoms with Crippen molar-refractivity contribution in [3.63, 3.8) is 0 Å². The summed E-state index contributed by atoms with van der Waals surface area (Å²) in [6.07, 6.45) is 8.14. The van der Waals surface area contributed by atoms with E-state index in [2.05, 4.69) is 23.2 Å². The second kappa shape index (κ2) is 5.95. The number of oxime groups is 1. The van der Waals surface area contributed by atoms with Gasteiger partial charge in [0.25, 0.3) is 0 Å². The number of hydrogen-bond acceptors (Lipinski definition) is 5. The first-order chi connectivity index (χ1) is 10.6. The summed E-state index contributed by atoms with van der Waals surface area (Å²) in [6, 6.07) is 0.431. The number of nitrogens with zero attached hydrogens (tertiary/aromatic N) is 2. The summed E-state index contributed by atoms with van der Waals surface area (Å²) in [5.74, 6) is 1.81. The summed E-state index contributed by atoms with van der Waals surface area (Å²) in [6.45, 7) is 1.10. The molecule has 3 aliphatic rings. The molecular formula is C17H26N2O3. The maximum atomic E-state index is 9.15. The maximum absolute atomic E-state index is 9.15. The minimum absolute atomic E-state index is 0.200. The lowest BCUT2D eigenvalue weighted by atomic mass is 9.63. The summed E-state index contributed by atoms with van der Waals surface area (Å²) in [5, 5.41) is 12.6. The molecular weight excluding hydrogens is 280 g/mol. The van der Waals surface area contributed by atoms with Crippen LogP contribution in [0.25, 0.3) is 0 Å². The minimum atomic E-state index is 0.200. The number of allylic oxidation sites excluding steroid dienone is 2. The molecule has 22 heavy (non-hydrogen) atoms. The predicted octanol–water partition coefficient (Wildman–Crippen LogP) is 2.92. The molecule has 0 aromatic heterocycles. The highest BCUT2D eigenvalue weighted by molar-refractivity contribution is 5.85. The van der Waals surface area contributed by atoms with Crippen molar-refractivity contribution in [3.05, 3.63) is 23.2 Å². The normalized spacial score (nSPS) is 34.6. The second-order valence-electron chi connectivity index (χ2n) is 6.64. The van der Waals surface area contributed by atoms with Crippen LogP contribution in [0.4, 0.5) is 0 Å². The molecule has 2 atom stereocenters. The van der Waals surface area contributed by atoms with Crippen LogP contribution in [0.3, 0.4) is 0 Å². The second-order valence-corrected chi connectivity index (χ2v) is 6.64. The number of hydrogen-bond donors (Lipinski definition) is 1. The van der Waals surface area contributed by atoms with Gasteiger partial charge in [-0.25, -0.2) is 0 Å². The van der Waals surface area contributed by atoms with Crippen molar-refractivity contribution in [1.82, 2.24) is 4.90 Å². The lowest BCUT2D eigenvalue weighted by molar-refractivity contribution is 0.173. The van der Waals surface area contributed by atoms with Crippen molar-refractivity contribution in [2.45, 2.75) is 44.6 Å². The van der Waals surface area contributed by atoms with Gasteiger partial charge >= 0.3 is 0 Å². The van der Waals surface area contributed by atoms with Crippen LogP contribution in [0.15, 0.2) is 28.3 Å². The molecule has 0 aromatic rings. The summed E-state index contributed by atoms with van der Waals surface area (Å²) in [5.41, 5.74) is 2.62. The van der Waals surface area contributed by atoms with Gasteiger partial charge in [0.1, 0.15) is 5.76 Å². The Morgan fingerprint density at radius 3 is 2.73 bits per heavy atom. The zero-order chi connectivity index (χ0) is 15.7. The Kier molecular flexibility index (Phi) is 4.17. The van der Waals surface area contributed by atoms with Gasteiger partial charge < -0.3 is 19.6 Å². The maximum Gasteiger partial charge on any atom is 0.156 e. The smallest absolute Gasteiger partial charge is 0.156 e. The zero-order valence-electron chi connectivity index (χ0n) is 13.8. The standard InChI is InChI=1S/C17H26N2O3/c1-19-9-8-17(7-6-13(18-20)11-16(17)19)12-4-5-14(21-2)15(10-12)22-3/h10,16,20H,4-9,11H2,1-3H3/b18-13+. The van der Waals surface area contributed by atoms with Crippen molar-refractivity contribution in [2.75, 3.05) is 27.8 Å². The van der Waals surface area contributed by atoms with E-state index in [0.29, 0.717) is 6.04 Å². The Balaban J connectivity index is 1.96. The first kappa shape index (κ1) is 15.4. The molecule has 5 heteroatoms. The van der Waals surface area contributed by atoms with E-state index in [1.165, 1.54) is 12.0 Å². The highest BCUT2D eigenvalue weighted by Crippen LogP contribution is 2.53. The first-order valence-corrected chi connectivity index (χ1v) is 8.07. The van der Waals surface area contributed by atoms with E-state index in [1.807, 2.05) is 0 Å². The molecule has 0 spiro atoms. The van der Waals surface area contributed by atoms with Crippen LogP contribution in [0, 0.1) is 5.41 Å². The van der Waals surface area contributed by atoms with Crippen molar-refractivity contribution in [1.29, 1.82) is 0 Å². The van der Waals surface area contributed by atoms with E-state index >= 15 is 0 Å². The van der Waals surface area contributed by atoms with Crippen molar-refractivity contribution in [2.24, 2.45) is 10.6 Å². The van der Waals surface area contributed by atoms with Gasteiger partial charge in [0.15, 0.2) is 5.76 Å². The van der Waals surface area contributed by atoms with Gasteiger partial charge in [0, 0.05) is 24.3 Å². The fourth-order valence-corrected chi connectivity index (χ4v) is 4.53. The molecule has 0 aromatic carbocycles. The molecule has 122 valence electrons. The van der Waals surface area contributed by atoms with Gasteiger partial charge in [-0.3, -0.25) is 0 Å². The number of fused-ring (bicyclic) bond motifs is 1. The van der Waals surface area contributed by atoms with E-state index in [-0.39, 0.29) is 5.41 Å². The minimum Gasteiger partial charge on any atom is -0.497 e. The third kappa shape index (κ3) is 2.32. The molecule has 3 rings (SSSR count). The fraction of sp³-hybridized carbons (Fsp3) is 0.706. The van der Waals surface area contributed by atoms with Crippen molar-refractivity contribution in [3.8, 4) is 0 Å². The molecule has 2 unspecified atom stereocenters. The Bertz CT molecular complexity index is 538. The molecule has 1 saturated carbocycles. The van der Waals surface area contributed by atoms with Crippen molar-refractivity contribution >= 4 is 5.71 Å². The van der Waals surface area contributed by atoms with Crippen LogP contribution in [-0.2, 0) is 9.47 Å². The topological polar surface area (TPSA) is 54.3 Å². The molecule has 1 saturated heterocycles. The SMILES string of the molecule is COC1=C(OC)CCC(C23CC/C(=N\O)CC2N(C)CC3)=C1. The van der Waals surface area contributed by atoms with E-state index in [0.717, 1.165) is 55.9 Å². The van der Waals surface area contributed by atoms with E-state index in [4.69, 9.17) is 14.7 Å². The van der Waals surface area contributed by atoms with Crippen molar-refractivity contribution < 1.29 is 14.7 Å². The van der Waals surface area contributed by atoms with Crippen LogP contribution in [0.1, 0.15) is 38.5 Å². The summed E-state index contributed by atoms with van der Waals surface area (Å²) < 4.78 is 11.0. The predicted molar refractivity (Wildman–Crippen MR) is 84.9 cm³/mol. The number of likely N-dealkylation sites (tertiary alicyclic amines) is 1. The first-order valence-electron chi connectivity index (χ1n) is 8.07. The van der Waals surface area contributed by atoms with E-state index < -0.39 is 0 Å². The Morgan fingerprint density at radius 2 is 2.05 bits per heavy atom. The van der Waals surface area contributed by atoms with Crippen LogP contribution in [0.2, 0.25) is 0 Å². The third-order valence-electron chi connectivity index (χ3n) is 5.82. The molecule has 2 fully saturated rings. The molecule has 5 nitrogen and oxygen atoms in total. The summed E-state index contributed by atoms with van der Waals surface area (Å²) >= 11 is 0. The van der Waals surface area contributed by atoms with Crippen LogP contribution < -0.4 is 0 Å². The average Bonchev–Trinajstić information content (AvgIpc) is 2.91. The summed E-state index contributed by atoms with van der Waals surface area (Å²) in [4.78, 5) is 2.42. The Hall–Kier alpha value is -1.49. The molecule has 0 bridgehead atoms. The monoisotopic (exact) mass is 306 g/mol. The lowest BCUT2D eigenvalue weighted by Gasteiger charge is -2.44. The highest BCUT2D eigenvalue weighted by atomic mass is 16.5. The molecule has 2 aliphatic carbocycles. The number of ether oxygens (including phenoxy) is 2.